The van der Waals surface area contributed by atoms with Gasteiger partial charge in [-0.15, -0.1) is 0 Å². The van der Waals surface area contributed by atoms with Gasteiger partial charge in [0.2, 0.25) is 0 Å². The molecule has 0 fully saturated rings. The second-order valence-electron chi connectivity index (χ2n) is 31.3. The molecule has 0 aliphatic carbocycles. The van der Waals surface area contributed by atoms with Crippen molar-refractivity contribution in [3.63, 3.8) is 0 Å². The fourth-order valence-corrected chi connectivity index (χ4v) is 14.4. The monoisotopic (exact) mass is 1490 g/mol. The molecule has 0 saturated carbocycles. The van der Waals surface area contributed by atoms with Crippen molar-refractivity contribution in [2.75, 3.05) is 39.6 Å². The van der Waals surface area contributed by atoms with Gasteiger partial charge in [0, 0.05) is 25.7 Å². The molecule has 0 aliphatic heterocycles. The highest BCUT2D eigenvalue weighted by atomic mass is 31.2. The summed E-state index contributed by atoms with van der Waals surface area (Å²) in [6, 6.07) is 0. The number of hydrogen-bond donors (Lipinski definition) is 3. The summed E-state index contributed by atoms with van der Waals surface area (Å²) in [6.07, 6.45) is 62.8. The van der Waals surface area contributed by atoms with Crippen LogP contribution < -0.4 is 0 Å². The molecule has 0 aliphatic rings. The van der Waals surface area contributed by atoms with Crippen molar-refractivity contribution < 1.29 is 80.2 Å². The summed E-state index contributed by atoms with van der Waals surface area (Å²) in [4.78, 5) is 73.0. The number of carbonyl (C=O) groups excluding carboxylic acids is 4. The number of hydrogen-bond acceptors (Lipinski definition) is 15. The van der Waals surface area contributed by atoms with E-state index in [0.717, 1.165) is 108 Å². The molecular formula is C83H162O17P2. The standard InChI is InChI=1S/C83H162O17P2/c1-8-9-10-11-12-13-14-15-16-17-18-19-20-21-22-25-29-32-35-45-52-59-66-82(87)99-78(70-93-80(85)64-57-50-43-34-31-28-26-23-24-27-30-33-40-47-54-61-74(2)3)72-97-101(89,90)95-68-77(84)69-96-102(91,92)98-73-79(100-83(88)67-60-53-46-39-37-42-49-56-63-76(6)7)71-94-81(86)65-58-51-44-38-36-41-48-55-62-75(4)5/h74-79,84H,8-73H2,1-7H3,(H,89,90)(H,91,92)/t77-,78-,79-/m1/s1. The number of carbonyl (C=O) groups is 4. The van der Waals surface area contributed by atoms with Gasteiger partial charge in [-0.2, -0.15) is 0 Å². The first kappa shape index (κ1) is 100. The van der Waals surface area contributed by atoms with Crippen molar-refractivity contribution in [2.45, 2.75) is 452 Å². The van der Waals surface area contributed by atoms with Crippen molar-refractivity contribution >= 4 is 39.5 Å². The highest BCUT2D eigenvalue weighted by Gasteiger charge is 2.30. The minimum atomic E-state index is -4.96. The molecule has 0 heterocycles. The Morgan fingerprint density at radius 1 is 0.265 bits per heavy atom. The highest BCUT2D eigenvalue weighted by molar-refractivity contribution is 7.47. The number of rotatable bonds is 81. The Bertz CT molecular complexity index is 1970. The van der Waals surface area contributed by atoms with E-state index in [-0.39, 0.29) is 25.7 Å². The Kier molecular flexibility index (Phi) is 71.8. The normalized spacial score (nSPS) is 13.9. The van der Waals surface area contributed by atoms with Crippen molar-refractivity contribution in [3.8, 4) is 0 Å². The van der Waals surface area contributed by atoms with Crippen molar-refractivity contribution in [1.82, 2.24) is 0 Å². The average Bonchev–Trinajstić information content (AvgIpc) is 0.919. The van der Waals surface area contributed by atoms with E-state index < -0.39 is 97.5 Å². The van der Waals surface area contributed by atoms with Crippen LogP contribution in [0.5, 0.6) is 0 Å². The van der Waals surface area contributed by atoms with E-state index in [0.29, 0.717) is 25.7 Å². The molecule has 0 amide bonds. The summed E-state index contributed by atoms with van der Waals surface area (Å²) in [5.74, 6) is 0.138. The van der Waals surface area contributed by atoms with Crippen LogP contribution in [-0.2, 0) is 65.4 Å². The van der Waals surface area contributed by atoms with Crippen LogP contribution in [0.2, 0.25) is 0 Å². The van der Waals surface area contributed by atoms with Gasteiger partial charge >= 0.3 is 39.5 Å². The third kappa shape index (κ3) is 76.3. The second kappa shape index (κ2) is 73.2. The fourth-order valence-electron chi connectivity index (χ4n) is 12.8. The van der Waals surface area contributed by atoms with Gasteiger partial charge in [-0.1, -0.05) is 382 Å². The smallest absolute Gasteiger partial charge is 0.462 e. The number of unbranched alkanes of at least 4 members (excludes halogenated alkanes) is 49. The topological polar surface area (TPSA) is 237 Å². The fraction of sp³-hybridized carbons (Fsp3) is 0.952. The van der Waals surface area contributed by atoms with E-state index in [1.807, 2.05) is 0 Å². The second-order valence-corrected chi connectivity index (χ2v) is 34.2. The van der Waals surface area contributed by atoms with Gasteiger partial charge in [-0.05, 0) is 43.4 Å². The van der Waals surface area contributed by atoms with Crippen LogP contribution in [-0.4, -0.2) is 96.7 Å². The Balaban J connectivity index is 5.20. The zero-order valence-corrected chi connectivity index (χ0v) is 68.9. The number of aliphatic hydroxyl groups excluding tert-OH is 1. The van der Waals surface area contributed by atoms with Gasteiger partial charge < -0.3 is 33.8 Å². The molecule has 0 aromatic carbocycles. The van der Waals surface area contributed by atoms with Crippen LogP contribution in [0.15, 0.2) is 0 Å². The molecule has 19 heteroatoms. The van der Waals surface area contributed by atoms with E-state index in [9.17, 15) is 43.2 Å². The minimum Gasteiger partial charge on any atom is -0.462 e. The molecule has 2 unspecified atom stereocenters. The average molecular weight is 1490 g/mol. The number of ether oxygens (including phenoxy) is 4. The van der Waals surface area contributed by atoms with Crippen LogP contribution >= 0.6 is 15.6 Å². The maximum absolute atomic E-state index is 13.1. The van der Waals surface area contributed by atoms with Crippen molar-refractivity contribution in [1.29, 1.82) is 0 Å². The molecule has 0 aromatic rings. The van der Waals surface area contributed by atoms with Gasteiger partial charge in [0.1, 0.15) is 19.3 Å². The van der Waals surface area contributed by atoms with Gasteiger partial charge in [-0.3, -0.25) is 37.3 Å². The van der Waals surface area contributed by atoms with Gasteiger partial charge in [0.25, 0.3) is 0 Å². The first-order valence-electron chi connectivity index (χ1n) is 42.8. The van der Waals surface area contributed by atoms with Crippen LogP contribution in [0, 0.1) is 17.8 Å². The first-order valence-corrected chi connectivity index (χ1v) is 45.8. The third-order valence-corrected chi connectivity index (χ3v) is 21.3. The highest BCUT2D eigenvalue weighted by Crippen LogP contribution is 2.45. The lowest BCUT2D eigenvalue weighted by molar-refractivity contribution is -0.161. The van der Waals surface area contributed by atoms with Crippen LogP contribution in [0.1, 0.15) is 434 Å². The largest absolute Gasteiger partial charge is 0.472 e. The number of aliphatic hydroxyl groups is 1. The molecule has 0 rings (SSSR count). The predicted molar refractivity (Wildman–Crippen MR) is 418 cm³/mol. The summed E-state index contributed by atoms with van der Waals surface area (Å²) in [7, 11) is -9.92. The zero-order valence-electron chi connectivity index (χ0n) is 67.1. The summed E-state index contributed by atoms with van der Waals surface area (Å²) >= 11 is 0. The van der Waals surface area contributed by atoms with Gasteiger partial charge in [0.15, 0.2) is 12.2 Å². The van der Waals surface area contributed by atoms with E-state index >= 15 is 0 Å². The Morgan fingerprint density at radius 2 is 0.451 bits per heavy atom. The minimum absolute atomic E-state index is 0.104. The lowest BCUT2D eigenvalue weighted by Gasteiger charge is -2.21. The molecule has 0 bridgehead atoms. The molecule has 3 N–H and O–H groups in total. The lowest BCUT2D eigenvalue weighted by atomic mass is 10.0. The van der Waals surface area contributed by atoms with Gasteiger partial charge in [0.05, 0.1) is 26.4 Å². The molecule has 0 radical (unpaired) electrons. The summed E-state index contributed by atoms with van der Waals surface area (Å²) in [5, 5.41) is 10.6. The SMILES string of the molecule is CCCCCCCCCCCCCCCCCCCCCCCCC(=O)O[C@H](COC(=O)CCCCCCCCCCCCCCCCCC(C)C)COP(=O)(O)OC[C@@H](O)COP(=O)(O)OC[C@@H](COC(=O)CCCCCCCCCCC(C)C)OC(=O)CCCCCCCCCCC(C)C. The summed E-state index contributed by atoms with van der Waals surface area (Å²) < 4.78 is 68.7. The molecule has 0 spiro atoms. The third-order valence-electron chi connectivity index (χ3n) is 19.4. The maximum atomic E-state index is 13.1. The van der Waals surface area contributed by atoms with E-state index in [1.54, 1.807) is 0 Å². The van der Waals surface area contributed by atoms with E-state index in [4.69, 9.17) is 37.0 Å². The number of esters is 4. The Hall–Kier alpha value is -1.94. The van der Waals surface area contributed by atoms with E-state index in [1.165, 1.54) is 244 Å². The van der Waals surface area contributed by atoms with Gasteiger partial charge in [-0.25, -0.2) is 9.13 Å². The zero-order chi connectivity index (χ0) is 75.1. The predicted octanol–water partition coefficient (Wildman–Crippen LogP) is 24.9. The molecule has 102 heavy (non-hydrogen) atoms. The maximum Gasteiger partial charge on any atom is 0.472 e. The van der Waals surface area contributed by atoms with Crippen molar-refractivity contribution in [3.05, 3.63) is 0 Å². The molecule has 0 aromatic heterocycles. The van der Waals surface area contributed by atoms with E-state index in [2.05, 4.69) is 48.5 Å². The number of phosphoric ester groups is 2. The number of phosphoric acid groups is 2. The Morgan fingerprint density at radius 3 is 0.667 bits per heavy atom. The first-order chi connectivity index (χ1) is 49.2. The molecule has 17 nitrogen and oxygen atoms in total. The van der Waals surface area contributed by atoms with Crippen LogP contribution in [0.4, 0.5) is 0 Å². The molecular weight excluding hydrogens is 1330 g/mol. The molecule has 0 saturated heterocycles. The van der Waals surface area contributed by atoms with Crippen molar-refractivity contribution in [2.24, 2.45) is 17.8 Å². The van der Waals surface area contributed by atoms with Crippen LogP contribution in [0.3, 0.4) is 0 Å². The summed E-state index contributed by atoms with van der Waals surface area (Å²) in [6.45, 7) is 11.9. The Labute approximate surface area is 626 Å². The lowest BCUT2D eigenvalue weighted by Crippen LogP contribution is -2.30. The molecule has 606 valence electrons. The quantitative estimate of drug-likeness (QED) is 0.0222. The van der Waals surface area contributed by atoms with Crippen LogP contribution in [0.25, 0.3) is 0 Å². The molecule has 5 atom stereocenters. The summed E-state index contributed by atoms with van der Waals surface area (Å²) in [5.41, 5.74) is 0.